The molecule has 0 aromatic rings. The molecule has 0 rings (SSSR count). The van der Waals surface area contributed by atoms with Crippen LogP contribution in [-0.4, -0.2) is 29.1 Å². The van der Waals surface area contributed by atoms with Gasteiger partial charge in [0.2, 0.25) is 5.91 Å². The summed E-state index contributed by atoms with van der Waals surface area (Å²) in [6.07, 6.45) is 2.47. The van der Waals surface area contributed by atoms with E-state index in [1.807, 2.05) is 20.8 Å². The number of rotatable bonds is 8. The second-order valence-electron chi connectivity index (χ2n) is 4.71. The SMILES string of the molecule is CCCC[C@H](N)C(=O)NC(CC(=O)O)C(C)C. The van der Waals surface area contributed by atoms with Crippen molar-refractivity contribution >= 4 is 11.9 Å². The third kappa shape index (κ3) is 6.94. The molecular formula is C12H24N2O3. The number of hydrogen-bond acceptors (Lipinski definition) is 3. The number of carbonyl (C=O) groups excluding carboxylic acids is 1. The normalized spacial score (nSPS) is 14.4. The second-order valence-corrected chi connectivity index (χ2v) is 4.71. The van der Waals surface area contributed by atoms with E-state index in [1.54, 1.807) is 0 Å². The fourth-order valence-corrected chi connectivity index (χ4v) is 1.49. The lowest BCUT2D eigenvalue weighted by Gasteiger charge is -2.22. The Morgan fingerprint density at radius 2 is 1.94 bits per heavy atom. The van der Waals surface area contributed by atoms with Gasteiger partial charge in [0.15, 0.2) is 0 Å². The van der Waals surface area contributed by atoms with Crippen molar-refractivity contribution in [3.63, 3.8) is 0 Å². The molecule has 5 nitrogen and oxygen atoms in total. The van der Waals surface area contributed by atoms with Crippen LogP contribution in [0.25, 0.3) is 0 Å². The number of nitrogens with two attached hydrogens (primary N) is 1. The Labute approximate surface area is 103 Å². The number of carbonyl (C=O) groups is 2. The summed E-state index contributed by atoms with van der Waals surface area (Å²) < 4.78 is 0. The molecule has 0 aliphatic heterocycles. The van der Waals surface area contributed by atoms with Gasteiger partial charge in [-0.1, -0.05) is 33.6 Å². The molecule has 0 fully saturated rings. The Kier molecular flexibility index (Phi) is 7.54. The first-order chi connectivity index (χ1) is 7.88. The van der Waals surface area contributed by atoms with E-state index >= 15 is 0 Å². The molecule has 100 valence electrons. The molecule has 0 aromatic heterocycles. The summed E-state index contributed by atoms with van der Waals surface area (Å²) in [7, 11) is 0. The molecule has 5 heteroatoms. The zero-order valence-electron chi connectivity index (χ0n) is 10.9. The van der Waals surface area contributed by atoms with Gasteiger partial charge in [0, 0.05) is 6.04 Å². The number of unbranched alkanes of at least 4 members (excludes halogenated alkanes) is 1. The minimum absolute atomic E-state index is 0.0656. The predicted octanol–water partition coefficient (Wildman–Crippen LogP) is 1.12. The van der Waals surface area contributed by atoms with Gasteiger partial charge in [-0.25, -0.2) is 0 Å². The fourth-order valence-electron chi connectivity index (χ4n) is 1.49. The van der Waals surface area contributed by atoms with Gasteiger partial charge < -0.3 is 16.2 Å². The van der Waals surface area contributed by atoms with E-state index in [0.717, 1.165) is 12.8 Å². The van der Waals surface area contributed by atoms with Crippen LogP contribution in [-0.2, 0) is 9.59 Å². The van der Waals surface area contributed by atoms with Gasteiger partial charge in [0.25, 0.3) is 0 Å². The molecule has 1 amide bonds. The van der Waals surface area contributed by atoms with Gasteiger partial charge in [0.05, 0.1) is 12.5 Å². The van der Waals surface area contributed by atoms with Crippen molar-refractivity contribution in [2.45, 2.75) is 58.5 Å². The first-order valence-electron chi connectivity index (χ1n) is 6.16. The highest BCUT2D eigenvalue weighted by Crippen LogP contribution is 2.07. The van der Waals surface area contributed by atoms with Crippen LogP contribution in [0.1, 0.15) is 46.5 Å². The van der Waals surface area contributed by atoms with E-state index in [2.05, 4.69) is 5.32 Å². The molecule has 0 aromatic carbocycles. The maximum Gasteiger partial charge on any atom is 0.305 e. The molecule has 1 unspecified atom stereocenters. The summed E-state index contributed by atoms with van der Waals surface area (Å²) in [4.78, 5) is 22.4. The molecule has 0 spiro atoms. The minimum atomic E-state index is -0.911. The topological polar surface area (TPSA) is 92.4 Å². The van der Waals surface area contributed by atoms with Crippen molar-refractivity contribution in [2.75, 3.05) is 0 Å². The van der Waals surface area contributed by atoms with E-state index in [-0.39, 0.29) is 24.3 Å². The van der Waals surface area contributed by atoms with Crippen LogP contribution in [0.5, 0.6) is 0 Å². The van der Waals surface area contributed by atoms with Gasteiger partial charge in [-0.2, -0.15) is 0 Å². The number of aliphatic carboxylic acids is 1. The molecule has 0 aliphatic carbocycles. The van der Waals surface area contributed by atoms with Crippen LogP contribution < -0.4 is 11.1 Å². The number of hydrogen-bond donors (Lipinski definition) is 3. The highest BCUT2D eigenvalue weighted by molar-refractivity contribution is 5.82. The van der Waals surface area contributed by atoms with E-state index in [1.165, 1.54) is 0 Å². The van der Waals surface area contributed by atoms with Crippen LogP contribution in [0.2, 0.25) is 0 Å². The lowest BCUT2D eigenvalue weighted by molar-refractivity contribution is -0.138. The highest BCUT2D eigenvalue weighted by Gasteiger charge is 2.22. The second kappa shape index (κ2) is 8.06. The largest absolute Gasteiger partial charge is 0.481 e. The quantitative estimate of drug-likeness (QED) is 0.596. The third-order valence-electron chi connectivity index (χ3n) is 2.73. The summed E-state index contributed by atoms with van der Waals surface area (Å²) in [5.74, 6) is -1.09. The zero-order valence-corrected chi connectivity index (χ0v) is 10.9. The summed E-state index contributed by atoms with van der Waals surface area (Å²) in [5.41, 5.74) is 5.72. The van der Waals surface area contributed by atoms with E-state index in [9.17, 15) is 9.59 Å². The Morgan fingerprint density at radius 3 is 2.35 bits per heavy atom. The van der Waals surface area contributed by atoms with E-state index in [0.29, 0.717) is 6.42 Å². The molecule has 0 bridgehead atoms. The summed E-state index contributed by atoms with van der Waals surface area (Å²) >= 11 is 0. The Bertz CT molecular complexity index is 254. The van der Waals surface area contributed by atoms with E-state index in [4.69, 9.17) is 10.8 Å². The van der Waals surface area contributed by atoms with Gasteiger partial charge >= 0.3 is 5.97 Å². The molecule has 0 radical (unpaired) electrons. The third-order valence-corrected chi connectivity index (χ3v) is 2.73. The Balaban J connectivity index is 4.24. The summed E-state index contributed by atoms with van der Waals surface area (Å²) in [5, 5.41) is 11.5. The maximum absolute atomic E-state index is 11.7. The Morgan fingerprint density at radius 1 is 1.35 bits per heavy atom. The van der Waals surface area contributed by atoms with Gasteiger partial charge in [-0.15, -0.1) is 0 Å². The zero-order chi connectivity index (χ0) is 13.4. The molecule has 0 saturated heterocycles. The van der Waals surface area contributed by atoms with E-state index < -0.39 is 12.0 Å². The lowest BCUT2D eigenvalue weighted by Crippen LogP contribution is -2.47. The summed E-state index contributed by atoms with van der Waals surface area (Å²) in [6.45, 7) is 5.79. The van der Waals surface area contributed by atoms with Crippen molar-refractivity contribution in [3.05, 3.63) is 0 Å². The van der Waals surface area contributed by atoms with Gasteiger partial charge in [0.1, 0.15) is 0 Å². The van der Waals surface area contributed by atoms with Gasteiger partial charge in [-0.3, -0.25) is 9.59 Å². The van der Waals surface area contributed by atoms with Crippen molar-refractivity contribution in [1.82, 2.24) is 5.32 Å². The lowest BCUT2D eigenvalue weighted by atomic mass is 10.00. The number of amides is 1. The molecule has 0 aliphatic rings. The van der Waals surface area contributed by atoms with Crippen molar-refractivity contribution in [1.29, 1.82) is 0 Å². The monoisotopic (exact) mass is 244 g/mol. The van der Waals surface area contributed by atoms with Gasteiger partial charge in [-0.05, 0) is 12.3 Å². The van der Waals surface area contributed by atoms with Crippen LogP contribution >= 0.6 is 0 Å². The van der Waals surface area contributed by atoms with Crippen LogP contribution in [0, 0.1) is 5.92 Å². The van der Waals surface area contributed by atoms with Crippen LogP contribution in [0.3, 0.4) is 0 Å². The highest BCUT2D eigenvalue weighted by atomic mass is 16.4. The van der Waals surface area contributed by atoms with Crippen molar-refractivity contribution in [2.24, 2.45) is 11.7 Å². The van der Waals surface area contributed by atoms with Crippen molar-refractivity contribution in [3.8, 4) is 0 Å². The molecule has 0 heterocycles. The number of nitrogens with one attached hydrogen (secondary N) is 1. The maximum atomic E-state index is 11.7. The summed E-state index contributed by atoms with van der Waals surface area (Å²) in [6, 6.07) is -0.891. The number of carboxylic acids is 1. The molecule has 2 atom stereocenters. The molecule has 4 N–H and O–H groups in total. The van der Waals surface area contributed by atoms with Crippen molar-refractivity contribution < 1.29 is 14.7 Å². The minimum Gasteiger partial charge on any atom is -0.481 e. The molecular weight excluding hydrogens is 220 g/mol. The smallest absolute Gasteiger partial charge is 0.305 e. The van der Waals surface area contributed by atoms with Crippen LogP contribution in [0.15, 0.2) is 0 Å². The van der Waals surface area contributed by atoms with Crippen LogP contribution in [0.4, 0.5) is 0 Å². The molecule has 0 saturated carbocycles. The average Bonchev–Trinajstić information content (AvgIpc) is 2.23. The number of carboxylic acid groups (broad SMARTS) is 1. The fraction of sp³-hybridized carbons (Fsp3) is 0.833. The first-order valence-corrected chi connectivity index (χ1v) is 6.16. The first kappa shape index (κ1) is 15.9. The standard InChI is InChI=1S/C12H24N2O3/c1-4-5-6-9(13)12(17)14-10(8(2)3)7-11(15)16/h8-10H,4-7,13H2,1-3H3,(H,14,17)(H,15,16)/t9-,10?/m0/s1. The molecule has 17 heavy (non-hydrogen) atoms. The average molecular weight is 244 g/mol. The predicted molar refractivity (Wildman–Crippen MR) is 66.5 cm³/mol. The Hall–Kier alpha value is -1.10.